The third-order valence-electron chi connectivity index (χ3n) is 5.31. The molecule has 3 heterocycles. The summed E-state index contributed by atoms with van der Waals surface area (Å²) in [4.78, 5) is 30.5. The molecule has 8 nitrogen and oxygen atoms in total. The van der Waals surface area contributed by atoms with Crippen LogP contribution >= 0.6 is 0 Å². The molecule has 0 aliphatic carbocycles. The van der Waals surface area contributed by atoms with Crippen LogP contribution in [-0.4, -0.2) is 51.2 Å². The molecule has 3 aromatic rings. The standard InChI is InChI=1S/C23H25N5O3/c1-16-9-11-28(26-16)12-10-22(29)27-13-14-31-21(15-27)20-4-2-3-19(25-20)17-5-7-18(8-6-17)23(24)30/h2-9,11,21H,10,12-15H2,1H3,(H2,24,30)/t21-/m0/s1. The van der Waals surface area contributed by atoms with Gasteiger partial charge < -0.3 is 15.4 Å². The van der Waals surface area contributed by atoms with E-state index in [1.807, 2.05) is 54.4 Å². The molecule has 1 aliphatic heterocycles. The van der Waals surface area contributed by atoms with Gasteiger partial charge in [0, 0.05) is 36.8 Å². The number of rotatable bonds is 6. The highest BCUT2D eigenvalue weighted by molar-refractivity contribution is 5.93. The van der Waals surface area contributed by atoms with E-state index in [0.717, 1.165) is 22.6 Å². The van der Waals surface area contributed by atoms with Crippen molar-refractivity contribution in [3.05, 3.63) is 71.7 Å². The third kappa shape index (κ3) is 4.97. The van der Waals surface area contributed by atoms with E-state index in [-0.39, 0.29) is 12.0 Å². The van der Waals surface area contributed by atoms with E-state index in [9.17, 15) is 9.59 Å². The fraction of sp³-hybridized carbons (Fsp3) is 0.304. The molecule has 1 aliphatic rings. The molecule has 0 unspecified atom stereocenters. The lowest BCUT2D eigenvalue weighted by atomic mass is 10.1. The van der Waals surface area contributed by atoms with E-state index in [1.54, 1.807) is 16.8 Å². The number of carbonyl (C=O) groups excluding carboxylic acids is 2. The van der Waals surface area contributed by atoms with Gasteiger partial charge in [0.2, 0.25) is 11.8 Å². The van der Waals surface area contributed by atoms with Crippen molar-refractivity contribution in [3.63, 3.8) is 0 Å². The van der Waals surface area contributed by atoms with Gasteiger partial charge in [-0.3, -0.25) is 14.3 Å². The number of primary amides is 1. The van der Waals surface area contributed by atoms with Gasteiger partial charge in [-0.25, -0.2) is 4.98 Å². The minimum absolute atomic E-state index is 0.0830. The van der Waals surface area contributed by atoms with Crippen molar-refractivity contribution < 1.29 is 14.3 Å². The Labute approximate surface area is 180 Å². The maximum atomic E-state index is 12.7. The number of nitrogens with zero attached hydrogens (tertiary/aromatic N) is 4. The monoisotopic (exact) mass is 419 g/mol. The first-order valence-electron chi connectivity index (χ1n) is 10.3. The van der Waals surface area contributed by atoms with E-state index >= 15 is 0 Å². The van der Waals surface area contributed by atoms with Crippen LogP contribution in [0.25, 0.3) is 11.3 Å². The number of morpholine rings is 1. The van der Waals surface area contributed by atoms with E-state index < -0.39 is 5.91 Å². The van der Waals surface area contributed by atoms with Crippen molar-refractivity contribution in [2.45, 2.75) is 26.0 Å². The number of nitrogens with two attached hydrogens (primary N) is 1. The van der Waals surface area contributed by atoms with Gasteiger partial charge in [0.25, 0.3) is 0 Å². The van der Waals surface area contributed by atoms with Crippen LogP contribution in [0.2, 0.25) is 0 Å². The molecule has 1 fully saturated rings. The molecule has 0 bridgehead atoms. The highest BCUT2D eigenvalue weighted by Crippen LogP contribution is 2.25. The molecule has 2 N–H and O–H groups in total. The number of pyridine rings is 1. The van der Waals surface area contributed by atoms with Gasteiger partial charge in [0.05, 0.1) is 30.2 Å². The molecule has 0 radical (unpaired) electrons. The second-order valence-corrected chi connectivity index (χ2v) is 7.56. The van der Waals surface area contributed by atoms with Crippen molar-refractivity contribution in [1.82, 2.24) is 19.7 Å². The van der Waals surface area contributed by atoms with Crippen LogP contribution < -0.4 is 5.73 Å². The maximum Gasteiger partial charge on any atom is 0.248 e. The second-order valence-electron chi connectivity index (χ2n) is 7.56. The summed E-state index contributed by atoms with van der Waals surface area (Å²) in [6.45, 7) is 3.99. The molecule has 0 spiro atoms. The largest absolute Gasteiger partial charge is 0.368 e. The lowest BCUT2D eigenvalue weighted by molar-refractivity contribution is -0.139. The lowest BCUT2D eigenvalue weighted by Crippen LogP contribution is -2.42. The van der Waals surface area contributed by atoms with E-state index in [4.69, 9.17) is 15.5 Å². The number of hydrogen-bond donors (Lipinski definition) is 1. The van der Waals surface area contributed by atoms with Gasteiger partial charge >= 0.3 is 0 Å². The molecule has 160 valence electrons. The highest BCUT2D eigenvalue weighted by atomic mass is 16.5. The SMILES string of the molecule is Cc1ccn(CCC(=O)N2CCO[C@H](c3cccc(-c4ccc(C(N)=O)cc4)n3)C2)n1. The van der Waals surface area contributed by atoms with Crippen molar-refractivity contribution in [1.29, 1.82) is 0 Å². The number of hydrogen-bond acceptors (Lipinski definition) is 5. The molecule has 31 heavy (non-hydrogen) atoms. The summed E-state index contributed by atoms with van der Waals surface area (Å²) in [5.74, 6) is -0.379. The Morgan fingerprint density at radius 1 is 1.16 bits per heavy atom. The zero-order valence-electron chi connectivity index (χ0n) is 17.4. The van der Waals surface area contributed by atoms with Crippen molar-refractivity contribution in [2.75, 3.05) is 19.7 Å². The normalized spacial score (nSPS) is 16.3. The molecular formula is C23H25N5O3. The van der Waals surface area contributed by atoms with E-state index in [1.165, 1.54) is 0 Å². The Kier molecular flexibility index (Phi) is 6.08. The van der Waals surface area contributed by atoms with Crippen LogP contribution in [-0.2, 0) is 16.1 Å². The molecule has 1 saturated heterocycles. The minimum atomic E-state index is -0.462. The smallest absolute Gasteiger partial charge is 0.248 e. The molecule has 1 atom stereocenters. The predicted molar refractivity (Wildman–Crippen MR) is 115 cm³/mol. The summed E-state index contributed by atoms with van der Waals surface area (Å²) < 4.78 is 7.71. The average molecular weight is 419 g/mol. The average Bonchev–Trinajstić information content (AvgIpc) is 3.23. The molecular weight excluding hydrogens is 394 g/mol. The van der Waals surface area contributed by atoms with Crippen LogP contribution in [0.15, 0.2) is 54.7 Å². The van der Waals surface area contributed by atoms with Gasteiger partial charge in [0.1, 0.15) is 6.10 Å². The Balaban J connectivity index is 1.42. The van der Waals surface area contributed by atoms with Crippen LogP contribution in [0.5, 0.6) is 0 Å². The quantitative estimate of drug-likeness (QED) is 0.661. The second kappa shape index (κ2) is 9.09. The number of benzene rings is 1. The number of aryl methyl sites for hydroxylation is 2. The Morgan fingerprint density at radius 2 is 1.97 bits per heavy atom. The number of ether oxygens (including phenoxy) is 1. The first kappa shape index (κ1) is 20.7. The lowest BCUT2D eigenvalue weighted by Gasteiger charge is -2.33. The summed E-state index contributed by atoms with van der Waals surface area (Å²) in [5, 5.41) is 4.33. The Bertz CT molecular complexity index is 1080. The van der Waals surface area contributed by atoms with Crippen LogP contribution in [0.1, 0.15) is 34.3 Å². The van der Waals surface area contributed by atoms with Crippen LogP contribution in [0, 0.1) is 6.92 Å². The van der Waals surface area contributed by atoms with Crippen LogP contribution in [0.4, 0.5) is 0 Å². The minimum Gasteiger partial charge on any atom is -0.368 e. The van der Waals surface area contributed by atoms with Gasteiger partial charge in [-0.05, 0) is 37.3 Å². The molecule has 0 saturated carbocycles. The zero-order valence-corrected chi connectivity index (χ0v) is 17.4. The summed E-state index contributed by atoms with van der Waals surface area (Å²) in [6, 6.07) is 14.7. The molecule has 4 rings (SSSR count). The number of carbonyl (C=O) groups is 2. The molecule has 2 aromatic heterocycles. The fourth-order valence-corrected chi connectivity index (χ4v) is 3.61. The highest BCUT2D eigenvalue weighted by Gasteiger charge is 2.26. The van der Waals surface area contributed by atoms with Crippen molar-refractivity contribution in [3.8, 4) is 11.3 Å². The van der Waals surface area contributed by atoms with E-state index in [2.05, 4.69) is 5.10 Å². The Morgan fingerprint density at radius 3 is 2.68 bits per heavy atom. The first-order valence-corrected chi connectivity index (χ1v) is 10.3. The topological polar surface area (TPSA) is 103 Å². The van der Waals surface area contributed by atoms with Gasteiger partial charge in [-0.2, -0.15) is 5.10 Å². The van der Waals surface area contributed by atoms with Crippen molar-refractivity contribution >= 4 is 11.8 Å². The molecule has 2 amide bonds. The summed E-state index contributed by atoms with van der Waals surface area (Å²) in [7, 11) is 0. The summed E-state index contributed by atoms with van der Waals surface area (Å²) in [6.07, 6.45) is 2.00. The fourth-order valence-electron chi connectivity index (χ4n) is 3.61. The Hall–Kier alpha value is -3.52. The third-order valence-corrected chi connectivity index (χ3v) is 5.31. The van der Waals surface area contributed by atoms with E-state index in [0.29, 0.717) is 38.2 Å². The maximum absolute atomic E-state index is 12.7. The number of aromatic nitrogens is 3. The summed E-state index contributed by atoms with van der Waals surface area (Å²) >= 11 is 0. The van der Waals surface area contributed by atoms with Crippen molar-refractivity contribution in [2.24, 2.45) is 5.73 Å². The zero-order chi connectivity index (χ0) is 21.8. The first-order chi connectivity index (χ1) is 15.0. The van der Waals surface area contributed by atoms with Gasteiger partial charge in [-0.1, -0.05) is 18.2 Å². The number of amides is 2. The molecule has 8 heteroatoms. The predicted octanol–water partition coefficient (Wildman–Crippen LogP) is 2.34. The summed E-state index contributed by atoms with van der Waals surface area (Å²) in [5.41, 5.74) is 9.13. The van der Waals surface area contributed by atoms with Gasteiger partial charge in [0.15, 0.2) is 0 Å². The van der Waals surface area contributed by atoms with Gasteiger partial charge in [-0.15, -0.1) is 0 Å². The van der Waals surface area contributed by atoms with Crippen LogP contribution in [0.3, 0.4) is 0 Å². The molecule has 1 aromatic carbocycles.